The predicted octanol–water partition coefficient (Wildman–Crippen LogP) is 3.37. The molecule has 0 aliphatic carbocycles. The fourth-order valence-corrected chi connectivity index (χ4v) is 3.51. The van der Waals surface area contributed by atoms with Gasteiger partial charge < -0.3 is 20.3 Å². The van der Waals surface area contributed by atoms with Crippen LogP contribution in [0.5, 0.6) is 0 Å². The zero-order valence-corrected chi connectivity index (χ0v) is 16.4. The average Bonchev–Trinajstić information content (AvgIpc) is 2.69. The monoisotopic (exact) mass is 379 g/mol. The molecular formula is C21H25N5O2. The Labute approximate surface area is 165 Å². The highest BCUT2D eigenvalue weighted by molar-refractivity contribution is 5.91. The van der Waals surface area contributed by atoms with Crippen molar-refractivity contribution >= 4 is 17.4 Å². The number of nitrogens with one attached hydrogen (secondary N) is 2. The molecule has 7 heteroatoms. The number of nitriles is 1. The van der Waals surface area contributed by atoms with Crippen LogP contribution in [0.4, 0.5) is 16.2 Å². The van der Waals surface area contributed by atoms with E-state index in [-0.39, 0.29) is 18.2 Å². The van der Waals surface area contributed by atoms with E-state index in [0.717, 1.165) is 29.7 Å². The molecule has 2 aromatic rings. The summed E-state index contributed by atoms with van der Waals surface area (Å²) in [5.74, 6) is 0. The maximum atomic E-state index is 12.6. The second-order valence-electron chi connectivity index (χ2n) is 7.11. The van der Waals surface area contributed by atoms with Crippen molar-refractivity contribution in [2.24, 2.45) is 0 Å². The molecule has 1 saturated heterocycles. The average molecular weight is 379 g/mol. The fourth-order valence-electron chi connectivity index (χ4n) is 3.51. The van der Waals surface area contributed by atoms with Crippen LogP contribution in [0, 0.1) is 18.3 Å². The number of nitrogens with zero attached hydrogens (tertiary/aromatic N) is 3. The van der Waals surface area contributed by atoms with E-state index in [9.17, 15) is 10.1 Å². The number of carbonyl (C=O) groups is 1. The Balaban J connectivity index is 1.74. The van der Waals surface area contributed by atoms with Crippen molar-refractivity contribution < 1.29 is 9.53 Å². The molecule has 2 heterocycles. The van der Waals surface area contributed by atoms with Gasteiger partial charge in [0.25, 0.3) is 0 Å². The van der Waals surface area contributed by atoms with Gasteiger partial charge in [-0.3, -0.25) is 4.98 Å². The van der Waals surface area contributed by atoms with Crippen LogP contribution < -0.4 is 15.5 Å². The van der Waals surface area contributed by atoms with Crippen molar-refractivity contribution in [3.63, 3.8) is 0 Å². The van der Waals surface area contributed by atoms with Crippen molar-refractivity contribution in [3.8, 4) is 6.07 Å². The first kappa shape index (κ1) is 19.6. The standard InChI is InChI=1S/C21H25N5O2/c1-14-11-18(16(13-22)12-19(14)26(2)3)25-21(27)24-17-5-4-10-28-20(17)15-6-8-23-9-7-15/h6-9,11-12,17,20H,4-5,10H2,1-3H3,(H2,24,25,27)/t17-,20+/m0/s1. The number of hydrogen-bond donors (Lipinski definition) is 2. The number of amides is 2. The Kier molecular flexibility index (Phi) is 6.12. The van der Waals surface area contributed by atoms with Crippen LogP contribution >= 0.6 is 0 Å². The molecule has 2 N–H and O–H groups in total. The number of pyridine rings is 1. The Morgan fingerprint density at radius 3 is 2.75 bits per heavy atom. The minimum atomic E-state index is -0.344. The van der Waals surface area contributed by atoms with Gasteiger partial charge in [0.05, 0.1) is 17.3 Å². The second kappa shape index (κ2) is 8.72. The molecule has 7 nitrogen and oxygen atoms in total. The molecule has 28 heavy (non-hydrogen) atoms. The van der Waals surface area contributed by atoms with Gasteiger partial charge in [-0.05, 0) is 55.2 Å². The highest BCUT2D eigenvalue weighted by atomic mass is 16.5. The van der Waals surface area contributed by atoms with Crippen molar-refractivity contribution in [2.45, 2.75) is 31.9 Å². The minimum Gasteiger partial charge on any atom is -0.377 e. The number of aryl methyl sites for hydroxylation is 1. The summed E-state index contributed by atoms with van der Waals surface area (Å²) in [6, 6.07) is 9.08. The van der Waals surface area contributed by atoms with Crippen molar-refractivity contribution in [3.05, 3.63) is 53.3 Å². The molecule has 1 aromatic carbocycles. The number of benzene rings is 1. The molecular weight excluding hydrogens is 354 g/mol. The molecule has 2 atom stereocenters. The summed E-state index contributed by atoms with van der Waals surface area (Å²) >= 11 is 0. The maximum Gasteiger partial charge on any atom is 0.319 e. The number of hydrogen-bond acceptors (Lipinski definition) is 5. The quantitative estimate of drug-likeness (QED) is 0.850. The third-order valence-corrected chi connectivity index (χ3v) is 4.86. The molecule has 0 unspecified atom stereocenters. The van der Waals surface area contributed by atoms with Gasteiger partial charge in [-0.15, -0.1) is 0 Å². The van der Waals surface area contributed by atoms with Gasteiger partial charge in [0.2, 0.25) is 0 Å². The lowest BCUT2D eigenvalue weighted by Gasteiger charge is -2.32. The smallest absolute Gasteiger partial charge is 0.319 e. The molecule has 2 amide bonds. The normalized spacial score (nSPS) is 18.8. The van der Waals surface area contributed by atoms with Gasteiger partial charge >= 0.3 is 6.03 Å². The van der Waals surface area contributed by atoms with Gasteiger partial charge in [-0.1, -0.05) is 0 Å². The zero-order valence-electron chi connectivity index (χ0n) is 16.4. The van der Waals surface area contributed by atoms with Gasteiger partial charge in [-0.25, -0.2) is 4.79 Å². The molecule has 0 spiro atoms. The highest BCUT2D eigenvalue weighted by Gasteiger charge is 2.29. The molecule has 0 radical (unpaired) electrons. The number of urea groups is 1. The van der Waals surface area contributed by atoms with Crippen molar-refractivity contribution in [1.82, 2.24) is 10.3 Å². The SMILES string of the molecule is Cc1cc(NC(=O)N[C@H]2CCCO[C@@H]2c2ccncc2)c(C#N)cc1N(C)C. The molecule has 1 fully saturated rings. The number of anilines is 2. The van der Waals surface area contributed by atoms with Gasteiger partial charge in [-0.2, -0.15) is 5.26 Å². The van der Waals surface area contributed by atoms with Crippen molar-refractivity contribution in [2.75, 3.05) is 30.9 Å². The Morgan fingerprint density at radius 1 is 1.32 bits per heavy atom. The van der Waals surface area contributed by atoms with E-state index in [2.05, 4.69) is 21.7 Å². The van der Waals surface area contributed by atoms with Crippen LogP contribution in [0.3, 0.4) is 0 Å². The Morgan fingerprint density at radius 2 is 2.07 bits per heavy atom. The summed E-state index contributed by atoms with van der Waals surface area (Å²) in [7, 11) is 3.84. The first-order valence-electron chi connectivity index (χ1n) is 9.30. The van der Waals surface area contributed by atoms with Crippen LogP contribution in [0.2, 0.25) is 0 Å². The molecule has 3 rings (SSSR count). The number of aromatic nitrogens is 1. The number of ether oxygens (including phenoxy) is 1. The largest absolute Gasteiger partial charge is 0.377 e. The van der Waals surface area contributed by atoms with Crippen LogP contribution in [-0.4, -0.2) is 37.8 Å². The van der Waals surface area contributed by atoms with Crippen LogP contribution in [0.25, 0.3) is 0 Å². The van der Waals surface area contributed by atoms with Crippen LogP contribution in [0.1, 0.15) is 35.6 Å². The van der Waals surface area contributed by atoms with E-state index >= 15 is 0 Å². The summed E-state index contributed by atoms with van der Waals surface area (Å²) in [5, 5.41) is 15.3. The van der Waals surface area contributed by atoms with E-state index < -0.39 is 0 Å². The molecule has 1 aromatic heterocycles. The molecule has 0 bridgehead atoms. The second-order valence-corrected chi connectivity index (χ2v) is 7.11. The molecule has 146 valence electrons. The van der Waals surface area contributed by atoms with E-state index in [0.29, 0.717) is 17.9 Å². The van der Waals surface area contributed by atoms with E-state index in [4.69, 9.17) is 4.74 Å². The lowest BCUT2D eigenvalue weighted by atomic mass is 9.97. The molecule has 0 saturated carbocycles. The lowest BCUT2D eigenvalue weighted by molar-refractivity contribution is -0.00701. The Bertz CT molecular complexity index is 876. The Hall–Kier alpha value is -3.11. The molecule has 1 aliphatic heterocycles. The van der Waals surface area contributed by atoms with Gasteiger partial charge in [0.15, 0.2) is 0 Å². The zero-order chi connectivity index (χ0) is 20.1. The lowest BCUT2D eigenvalue weighted by Crippen LogP contribution is -2.44. The summed E-state index contributed by atoms with van der Waals surface area (Å²) < 4.78 is 5.91. The third-order valence-electron chi connectivity index (χ3n) is 4.86. The summed E-state index contributed by atoms with van der Waals surface area (Å²) in [6.07, 6.45) is 4.93. The third kappa shape index (κ3) is 4.41. The fraction of sp³-hybridized carbons (Fsp3) is 0.381. The van der Waals surface area contributed by atoms with E-state index in [1.165, 1.54) is 0 Å². The van der Waals surface area contributed by atoms with Crippen molar-refractivity contribution in [1.29, 1.82) is 5.26 Å². The van der Waals surface area contributed by atoms with Crippen LogP contribution in [0.15, 0.2) is 36.7 Å². The van der Waals surface area contributed by atoms with E-state index in [1.54, 1.807) is 18.5 Å². The number of rotatable bonds is 4. The predicted molar refractivity (Wildman–Crippen MR) is 108 cm³/mol. The summed E-state index contributed by atoms with van der Waals surface area (Å²) in [6.45, 7) is 2.62. The summed E-state index contributed by atoms with van der Waals surface area (Å²) in [5.41, 5.74) is 3.84. The van der Waals surface area contributed by atoms with E-state index in [1.807, 2.05) is 44.1 Å². The first-order valence-corrected chi connectivity index (χ1v) is 9.30. The summed E-state index contributed by atoms with van der Waals surface area (Å²) in [4.78, 5) is 18.6. The van der Waals surface area contributed by atoms with Crippen LogP contribution in [-0.2, 0) is 4.74 Å². The maximum absolute atomic E-state index is 12.6. The van der Waals surface area contributed by atoms with Gasteiger partial charge in [0, 0.05) is 38.8 Å². The number of carbonyl (C=O) groups excluding carboxylic acids is 1. The molecule has 1 aliphatic rings. The topological polar surface area (TPSA) is 90.3 Å². The first-order chi connectivity index (χ1) is 13.5. The highest BCUT2D eigenvalue weighted by Crippen LogP contribution is 2.29. The van der Waals surface area contributed by atoms with Gasteiger partial charge in [0.1, 0.15) is 12.2 Å². The minimum absolute atomic E-state index is 0.149.